The van der Waals surface area contributed by atoms with Gasteiger partial charge in [0, 0.05) is 23.8 Å². The number of sulfonamides is 1. The van der Waals surface area contributed by atoms with Gasteiger partial charge in [0.2, 0.25) is 10.0 Å². The minimum Gasteiger partial charge on any atom is -0.398 e. The van der Waals surface area contributed by atoms with Crippen LogP contribution in [0.2, 0.25) is 0 Å². The van der Waals surface area contributed by atoms with E-state index in [9.17, 15) is 8.42 Å². The largest absolute Gasteiger partial charge is 0.398 e. The number of nitriles is 1. The number of anilines is 1. The number of rotatable bonds is 4. The average molecular weight is 332 g/mol. The van der Waals surface area contributed by atoms with E-state index >= 15 is 0 Å². The molecule has 0 aliphatic rings. The van der Waals surface area contributed by atoms with Gasteiger partial charge in [0.05, 0.1) is 16.9 Å². The van der Waals surface area contributed by atoms with Crippen LogP contribution >= 0.6 is 15.9 Å². The monoisotopic (exact) mass is 331 g/mol. The van der Waals surface area contributed by atoms with Gasteiger partial charge < -0.3 is 5.73 Å². The normalized spacial score (nSPS) is 13.3. The van der Waals surface area contributed by atoms with Crippen LogP contribution in [-0.4, -0.2) is 26.3 Å². The highest BCUT2D eigenvalue weighted by molar-refractivity contribution is 9.10. The maximum atomic E-state index is 12.2. The summed E-state index contributed by atoms with van der Waals surface area (Å²) in [5.41, 5.74) is 6.02. The van der Waals surface area contributed by atoms with Gasteiger partial charge in [0.25, 0.3) is 0 Å². The zero-order chi connectivity index (χ0) is 13.9. The Labute approximate surface area is 115 Å². The van der Waals surface area contributed by atoms with Gasteiger partial charge in [-0.05, 0) is 41.1 Å². The average Bonchev–Trinajstić information content (AvgIpc) is 2.32. The number of nitrogens with zero attached hydrogens (tertiary/aromatic N) is 2. The Morgan fingerprint density at radius 3 is 2.67 bits per heavy atom. The summed E-state index contributed by atoms with van der Waals surface area (Å²) in [4.78, 5) is 0.121. The molecule has 18 heavy (non-hydrogen) atoms. The van der Waals surface area contributed by atoms with E-state index in [4.69, 9.17) is 11.0 Å². The van der Waals surface area contributed by atoms with Crippen LogP contribution in [0.25, 0.3) is 0 Å². The fraction of sp³-hybridized carbons (Fsp3) is 0.364. The van der Waals surface area contributed by atoms with Crippen molar-refractivity contribution in [2.24, 2.45) is 5.92 Å². The quantitative estimate of drug-likeness (QED) is 0.852. The Morgan fingerprint density at radius 2 is 2.17 bits per heavy atom. The third-order valence-corrected chi connectivity index (χ3v) is 4.97. The number of hydrogen-bond donors (Lipinski definition) is 1. The number of halogens is 1. The summed E-state index contributed by atoms with van der Waals surface area (Å²) in [6.07, 6.45) is 0. The van der Waals surface area contributed by atoms with Crippen LogP contribution in [0.1, 0.15) is 6.92 Å². The maximum absolute atomic E-state index is 12.2. The molecule has 0 saturated carbocycles. The lowest BCUT2D eigenvalue weighted by atomic mass is 10.2. The van der Waals surface area contributed by atoms with E-state index in [1.54, 1.807) is 13.0 Å². The van der Waals surface area contributed by atoms with Crippen molar-refractivity contribution in [3.05, 3.63) is 22.7 Å². The lowest BCUT2D eigenvalue weighted by Crippen LogP contribution is -2.30. The van der Waals surface area contributed by atoms with Gasteiger partial charge in [-0.15, -0.1) is 0 Å². The van der Waals surface area contributed by atoms with Crippen LogP contribution < -0.4 is 5.73 Å². The molecule has 5 nitrogen and oxygen atoms in total. The van der Waals surface area contributed by atoms with E-state index in [0.717, 1.165) is 4.31 Å². The first-order chi connectivity index (χ1) is 8.28. The topological polar surface area (TPSA) is 87.2 Å². The van der Waals surface area contributed by atoms with Crippen molar-refractivity contribution in [1.29, 1.82) is 5.26 Å². The summed E-state index contributed by atoms with van der Waals surface area (Å²) in [6.45, 7) is 1.82. The minimum atomic E-state index is -3.60. The molecule has 0 aliphatic heterocycles. The molecule has 2 N–H and O–H groups in total. The summed E-state index contributed by atoms with van der Waals surface area (Å²) < 4.78 is 26.2. The molecule has 0 aliphatic carbocycles. The number of nitrogens with two attached hydrogens (primary N) is 1. The minimum absolute atomic E-state index is 0.121. The van der Waals surface area contributed by atoms with Crippen LogP contribution in [0.5, 0.6) is 0 Å². The molecule has 1 atom stereocenters. The Bertz CT molecular complexity index is 580. The second kappa shape index (κ2) is 5.69. The Balaban J connectivity index is 3.06. The lowest BCUT2D eigenvalue weighted by molar-refractivity contribution is 0.439. The van der Waals surface area contributed by atoms with Gasteiger partial charge in [0.1, 0.15) is 0 Å². The van der Waals surface area contributed by atoms with Crippen molar-refractivity contribution in [2.45, 2.75) is 11.8 Å². The van der Waals surface area contributed by atoms with Gasteiger partial charge in [-0.1, -0.05) is 0 Å². The smallest absolute Gasteiger partial charge is 0.242 e. The molecule has 0 saturated heterocycles. The summed E-state index contributed by atoms with van der Waals surface area (Å²) in [7, 11) is -2.16. The highest BCUT2D eigenvalue weighted by Crippen LogP contribution is 2.24. The van der Waals surface area contributed by atoms with E-state index in [1.807, 2.05) is 6.07 Å². The van der Waals surface area contributed by atoms with E-state index in [1.165, 1.54) is 19.2 Å². The molecule has 0 heterocycles. The zero-order valence-electron chi connectivity index (χ0n) is 10.1. The molecule has 1 unspecified atom stereocenters. The van der Waals surface area contributed by atoms with Crippen LogP contribution in [0.4, 0.5) is 5.69 Å². The Morgan fingerprint density at radius 1 is 1.56 bits per heavy atom. The van der Waals surface area contributed by atoms with Crippen molar-refractivity contribution in [3.8, 4) is 6.07 Å². The molecule has 0 spiro atoms. The molecule has 98 valence electrons. The summed E-state index contributed by atoms with van der Waals surface area (Å²) in [5.74, 6) is -0.363. The SMILES string of the molecule is CC(C#N)CN(C)S(=O)(=O)c1ccc(Br)c(N)c1. The molecule has 1 aromatic rings. The molecule has 7 heteroatoms. The van der Waals surface area contributed by atoms with Crippen molar-refractivity contribution < 1.29 is 8.42 Å². The fourth-order valence-corrected chi connectivity index (χ4v) is 2.93. The summed E-state index contributed by atoms with van der Waals surface area (Å²) >= 11 is 3.21. The van der Waals surface area contributed by atoms with Crippen molar-refractivity contribution in [2.75, 3.05) is 19.3 Å². The molecule has 1 rings (SSSR count). The van der Waals surface area contributed by atoms with Crippen molar-refractivity contribution >= 4 is 31.6 Å². The van der Waals surface area contributed by atoms with Gasteiger partial charge in [0.15, 0.2) is 0 Å². The first-order valence-electron chi connectivity index (χ1n) is 5.20. The number of nitrogen functional groups attached to an aromatic ring is 1. The molecule has 0 fully saturated rings. The summed E-state index contributed by atoms with van der Waals surface area (Å²) in [6, 6.07) is 6.46. The predicted molar refractivity (Wildman–Crippen MR) is 73.1 cm³/mol. The molecule has 0 aromatic heterocycles. The van der Waals surface area contributed by atoms with Crippen LogP contribution in [0, 0.1) is 17.2 Å². The molecule has 0 amide bonds. The van der Waals surface area contributed by atoms with Gasteiger partial charge in [-0.3, -0.25) is 0 Å². The fourth-order valence-electron chi connectivity index (χ4n) is 1.39. The van der Waals surface area contributed by atoms with E-state index in [-0.39, 0.29) is 17.4 Å². The third-order valence-electron chi connectivity index (χ3n) is 2.43. The van der Waals surface area contributed by atoms with Crippen LogP contribution in [-0.2, 0) is 10.0 Å². The standard InChI is InChI=1S/C11H14BrN3O2S/c1-8(6-13)7-15(2)18(16,17)9-3-4-10(12)11(14)5-9/h3-5,8H,7,14H2,1-2H3. The van der Waals surface area contributed by atoms with E-state index in [0.29, 0.717) is 10.2 Å². The maximum Gasteiger partial charge on any atom is 0.242 e. The van der Waals surface area contributed by atoms with Crippen LogP contribution in [0.3, 0.4) is 0 Å². The summed E-state index contributed by atoms with van der Waals surface area (Å²) in [5, 5.41) is 8.70. The van der Waals surface area contributed by atoms with Crippen molar-refractivity contribution in [1.82, 2.24) is 4.31 Å². The molecule has 0 radical (unpaired) electrons. The number of benzene rings is 1. The number of hydrogen-bond acceptors (Lipinski definition) is 4. The second-order valence-electron chi connectivity index (χ2n) is 4.00. The van der Waals surface area contributed by atoms with Gasteiger partial charge in [-0.25, -0.2) is 8.42 Å². The molecule has 1 aromatic carbocycles. The van der Waals surface area contributed by atoms with Gasteiger partial charge >= 0.3 is 0 Å². The third kappa shape index (κ3) is 3.22. The molecule has 0 bridgehead atoms. The Kier molecular flexibility index (Phi) is 4.73. The first-order valence-corrected chi connectivity index (χ1v) is 7.43. The van der Waals surface area contributed by atoms with Crippen LogP contribution in [0.15, 0.2) is 27.6 Å². The van der Waals surface area contributed by atoms with Crippen molar-refractivity contribution in [3.63, 3.8) is 0 Å². The highest BCUT2D eigenvalue weighted by atomic mass is 79.9. The van der Waals surface area contributed by atoms with Gasteiger partial charge in [-0.2, -0.15) is 9.57 Å². The predicted octanol–water partition coefficient (Wildman–Crippen LogP) is 1.81. The molecular weight excluding hydrogens is 318 g/mol. The highest BCUT2D eigenvalue weighted by Gasteiger charge is 2.22. The zero-order valence-corrected chi connectivity index (χ0v) is 12.5. The second-order valence-corrected chi connectivity index (χ2v) is 6.90. The van der Waals surface area contributed by atoms with E-state index < -0.39 is 10.0 Å². The molecular formula is C11H14BrN3O2S. The Hall–Kier alpha value is -1.10. The lowest BCUT2D eigenvalue weighted by Gasteiger charge is -2.18. The first kappa shape index (κ1) is 15.0. The van der Waals surface area contributed by atoms with E-state index in [2.05, 4.69) is 15.9 Å².